The molecule has 1 saturated heterocycles. The summed E-state index contributed by atoms with van der Waals surface area (Å²) in [5.74, 6) is 0. The van der Waals surface area contributed by atoms with Crippen LogP contribution in [0.5, 0.6) is 0 Å². The number of hydrogen-bond donors (Lipinski definition) is 1. The van der Waals surface area contributed by atoms with Crippen molar-refractivity contribution in [3.05, 3.63) is 0 Å². The minimum Gasteiger partial charge on any atom is -0.376 e. The molecule has 1 aromatic heterocycles. The van der Waals surface area contributed by atoms with Gasteiger partial charge in [0.05, 0.1) is 6.10 Å². The largest absolute Gasteiger partial charge is 0.376 e. The van der Waals surface area contributed by atoms with Gasteiger partial charge in [-0.15, -0.1) is 10.2 Å². The summed E-state index contributed by atoms with van der Waals surface area (Å²) in [5.41, 5.74) is 0. The summed E-state index contributed by atoms with van der Waals surface area (Å²) >= 11 is 3.21. The molecule has 0 radical (unpaired) electrons. The van der Waals surface area contributed by atoms with Crippen LogP contribution in [0.15, 0.2) is 4.34 Å². The van der Waals surface area contributed by atoms with E-state index in [0.717, 1.165) is 29.0 Å². The Bertz CT molecular complexity index is 286. The molecule has 0 amide bonds. The van der Waals surface area contributed by atoms with Crippen molar-refractivity contribution in [1.82, 2.24) is 10.2 Å². The Morgan fingerprint density at radius 3 is 3.21 bits per heavy atom. The van der Waals surface area contributed by atoms with Crippen molar-refractivity contribution in [2.45, 2.75) is 23.3 Å². The maximum absolute atomic E-state index is 5.50. The SMILES string of the molecule is CSc1nnc(NCC2CCCO2)s1. The van der Waals surface area contributed by atoms with Gasteiger partial charge in [-0.05, 0) is 19.1 Å². The minimum absolute atomic E-state index is 0.358. The number of rotatable bonds is 4. The van der Waals surface area contributed by atoms with Crippen molar-refractivity contribution < 1.29 is 4.74 Å². The second-order valence-corrected chi connectivity index (χ2v) is 5.12. The van der Waals surface area contributed by atoms with E-state index in [2.05, 4.69) is 15.5 Å². The molecule has 0 saturated carbocycles. The van der Waals surface area contributed by atoms with E-state index in [1.54, 1.807) is 23.1 Å². The highest BCUT2D eigenvalue weighted by atomic mass is 32.2. The number of hydrogen-bond acceptors (Lipinski definition) is 6. The van der Waals surface area contributed by atoms with Crippen LogP contribution < -0.4 is 5.32 Å². The first-order valence-corrected chi connectivity index (χ1v) is 6.65. The average molecular weight is 231 g/mol. The van der Waals surface area contributed by atoms with Gasteiger partial charge in [-0.25, -0.2) is 0 Å². The fraction of sp³-hybridized carbons (Fsp3) is 0.750. The van der Waals surface area contributed by atoms with Crippen molar-refractivity contribution in [2.75, 3.05) is 24.7 Å². The normalized spacial score (nSPS) is 21.4. The van der Waals surface area contributed by atoms with Crippen molar-refractivity contribution in [1.29, 1.82) is 0 Å². The van der Waals surface area contributed by atoms with E-state index in [1.807, 2.05) is 6.26 Å². The van der Waals surface area contributed by atoms with Gasteiger partial charge >= 0.3 is 0 Å². The highest BCUT2D eigenvalue weighted by Gasteiger charge is 2.15. The van der Waals surface area contributed by atoms with Gasteiger partial charge in [0.15, 0.2) is 4.34 Å². The molecule has 1 N–H and O–H groups in total. The average Bonchev–Trinajstić information content (AvgIpc) is 2.86. The molecule has 2 rings (SSSR count). The Morgan fingerprint density at radius 1 is 1.64 bits per heavy atom. The summed E-state index contributed by atoms with van der Waals surface area (Å²) in [7, 11) is 0. The van der Waals surface area contributed by atoms with E-state index in [9.17, 15) is 0 Å². The number of aromatic nitrogens is 2. The molecule has 6 heteroatoms. The molecule has 78 valence electrons. The summed E-state index contributed by atoms with van der Waals surface area (Å²) in [6.07, 6.45) is 4.70. The van der Waals surface area contributed by atoms with Gasteiger partial charge in [0.1, 0.15) is 0 Å². The molecule has 1 atom stereocenters. The topological polar surface area (TPSA) is 47.0 Å². The van der Waals surface area contributed by atoms with Crippen LogP contribution in [-0.4, -0.2) is 35.7 Å². The lowest BCUT2D eigenvalue weighted by Crippen LogP contribution is -2.18. The van der Waals surface area contributed by atoms with Crippen molar-refractivity contribution in [3.63, 3.8) is 0 Å². The fourth-order valence-corrected chi connectivity index (χ4v) is 2.55. The van der Waals surface area contributed by atoms with Crippen LogP contribution in [0, 0.1) is 0 Å². The smallest absolute Gasteiger partial charge is 0.206 e. The first kappa shape index (κ1) is 10.2. The second kappa shape index (κ2) is 4.95. The van der Waals surface area contributed by atoms with Gasteiger partial charge in [0.25, 0.3) is 0 Å². The zero-order valence-corrected chi connectivity index (χ0v) is 9.66. The Balaban J connectivity index is 1.79. The van der Waals surface area contributed by atoms with Crippen molar-refractivity contribution >= 4 is 28.2 Å². The number of nitrogens with one attached hydrogen (secondary N) is 1. The zero-order chi connectivity index (χ0) is 9.80. The van der Waals surface area contributed by atoms with Crippen molar-refractivity contribution in [2.24, 2.45) is 0 Å². The van der Waals surface area contributed by atoms with Crippen molar-refractivity contribution in [3.8, 4) is 0 Å². The molecule has 4 nitrogen and oxygen atoms in total. The summed E-state index contributed by atoms with van der Waals surface area (Å²) in [4.78, 5) is 0. The molecule has 1 fully saturated rings. The van der Waals surface area contributed by atoms with Gasteiger partial charge in [-0.1, -0.05) is 23.1 Å². The third-order valence-corrected chi connectivity index (χ3v) is 3.94. The third-order valence-electron chi connectivity index (χ3n) is 2.09. The lowest BCUT2D eigenvalue weighted by atomic mass is 10.2. The van der Waals surface area contributed by atoms with E-state index in [1.165, 1.54) is 6.42 Å². The number of ether oxygens (including phenoxy) is 1. The Labute approximate surface area is 91.4 Å². The molecular weight excluding hydrogens is 218 g/mol. The fourth-order valence-electron chi connectivity index (χ4n) is 1.37. The summed E-state index contributed by atoms with van der Waals surface area (Å²) in [6.45, 7) is 1.75. The number of thioether (sulfide) groups is 1. The Kier molecular flexibility index (Phi) is 3.61. The van der Waals surface area contributed by atoms with Gasteiger partial charge in [-0.2, -0.15) is 0 Å². The molecule has 1 aliphatic heterocycles. The highest BCUT2D eigenvalue weighted by molar-refractivity contribution is 8.00. The molecule has 0 spiro atoms. The Hall–Kier alpha value is -0.330. The molecule has 0 bridgehead atoms. The number of nitrogens with zero attached hydrogens (tertiary/aromatic N) is 2. The maximum atomic E-state index is 5.50. The molecule has 0 aromatic carbocycles. The van der Waals surface area contributed by atoms with E-state index in [0.29, 0.717) is 6.10 Å². The van der Waals surface area contributed by atoms with E-state index in [4.69, 9.17) is 4.74 Å². The van der Waals surface area contributed by atoms with Crippen LogP contribution in [0.1, 0.15) is 12.8 Å². The molecular formula is C8H13N3OS2. The van der Waals surface area contributed by atoms with Crippen LogP contribution in [0.4, 0.5) is 5.13 Å². The molecule has 2 heterocycles. The molecule has 0 aliphatic carbocycles. The second-order valence-electron chi connectivity index (χ2n) is 3.09. The first-order chi connectivity index (χ1) is 6.88. The summed E-state index contributed by atoms with van der Waals surface area (Å²) < 4.78 is 6.50. The van der Waals surface area contributed by atoms with Gasteiger partial charge in [0, 0.05) is 13.2 Å². The molecule has 1 aromatic rings. The van der Waals surface area contributed by atoms with E-state index in [-0.39, 0.29) is 0 Å². The lowest BCUT2D eigenvalue weighted by molar-refractivity contribution is 0.120. The molecule has 1 aliphatic rings. The van der Waals surface area contributed by atoms with Gasteiger partial charge in [0.2, 0.25) is 5.13 Å². The summed E-state index contributed by atoms with van der Waals surface area (Å²) in [5, 5.41) is 12.2. The first-order valence-electron chi connectivity index (χ1n) is 4.61. The van der Waals surface area contributed by atoms with E-state index < -0.39 is 0 Å². The van der Waals surface area contributed by atoms with Crippen LogP contribution in [0.2, 0.25) is 0 Å². The quantitative estimate of drug-likeness (QED) is 0.801. The maximum Gasteiger partial charge on any atom is 0.206 e. The Morgan fingerprint density at radius 2 is 2.57 bits per heavy atom. The predicted octanol–water partition coefficient (Wildman–Crippen LogP) is 1.85. The van der Waals surface area contributed by atoms with Crippen LogP contribution in [-0.2, 0) is 4.74 Å². The standard InChI is InChI=1S/C8H13N3OS2/c1-13-8-11-10-7(14-8)9-5-6-3-2-4-12-6/h6H,2-5H2,1H3,(H,9,10). The third kappa shape index (κ3) is 2.59. The van der Waals surface area contributed by atoms with Crippen LogP contribution >= 0.6 is 23.1 Å². The predicted molar refractivity (Wildman–Crippen MR) is 59.2 cm³/mol. The summed E-state index contributed by atoms with van der Waals surface area (Å²) in [6, 6.07) is 0. The lowest BCUT2D eigenvalue weighted by Gasteiger charge is -2.08. The minimum atomic E-state index is 0.358. The highest BCUT2D eigenvalue weighted by Crippen LogP contribution is 2.23. The van der Waals surface area contributed by atoms with Crippen LogP contribution in [0.25, 0.3) is 0 Å². The molecule has 14 heavy (non-hydrogen) atoms. The number of anilines is 1. The molecule has 1 unspecified atom stereocenters. The van der Waals surface area contributed by atoms with Gasteiger partial charge < -0.3 is 10.1 Å². The van der Waals surface area contributed by atoms with Crippen LogP contribution in [0.3, 0.4) is 0 Å². The van der Waals surface area contributed by atoms with Gasteiger partial charge in [-0.3, -0.25) is 0 Å². The monoisotopic (exact) mass is 231 g/mol. The zero-order valence-electron chi connectivity index (χ0n) is 8.02. The van der Waals surface area contributed by atoms with E-state index >= 15 is 0 Å².